The Hall–Kier alpha value is -5.81. The third-order valence-electron chi connectivity index (χ3n) is 12.0. The molecule has 2 heterocycles. The Balaban J connectivity index is 1.26. The second kappa shape index (κ2) is 12.4. The first-order valence-corrected chi connectivity index (χ1v) is 19.0. The van der Waals surface area contributed by atoms with Gasteiger partial charge in [0.05, 0.1) is 11.0 Å². The number of hydrogen-bond acceptors (Lipinski definition) is 2. The fourth-order valence-corrected chi connectivity index (χ4v) is 9.72. The number of fused-ring (bicyclic) bond motifs is 7. The molecule has 1 aliphatic carbocycles. The van der Waals surface area contributed by atoms with Gasteiger partial charge in [0.1, 0.15) is 0 Å². The summed E-state index contributed by atoms with van der Waals surface area (Å²) in [6, 6.07) is 50.9. The lowest BCUT2D eigenvalue weighted by molar-refractivity contribution is -0.137. The van der Waals surface area contributed by atoms with Crippen LogP contribution in [0.2, 0.25) is 0 Å². The van der Waals surface area contributed by atoms with E-state index in [0.717, 1.165) is 49.3 Å². The lowest BCUT2D eigenvalue weighted by Gasteiger charge is -2.37. The molecule has 7 aromatic rings. The number of halogens is 3. The molecule has 7 aromatic carbocycles. The van der Waals surface area contributed by atoms with Crippen LogP contribution in [-0.4, -0.2) is 13.1 Å². The van der Waals surface area contributed by atoms with Crippen molar-refractivity contribution in [1.82, 2.24) is 0 Å². The zero-order chi connectivity index (χ0) is 36.6. The first kappa shape index (κ1) is 32.8. The predicted octanol–water partition coefficient (Wildman–Crippen LogP) is 12.7. The van der Waals surface area contributed by atoms with Crippen LogP contribution in [0.4, 0.5) is 35.9 Å². The molecule has 0 unspecified atom stereocenters. The Morgan fingerprint density at radius 1 is 0.537 bits per heavy atom. The van der Waals surface area contributed by atoms with Crippen LogP contribution in [0.25, 0.3) is 21.9 Å². The topological polar surface area (TPSA) is 6.48 Å². The molecule has 0 spiro atoms. The SMILES string of the molecule is Cc1ccc2c(c1)CCCN2c1cc2c(c3ccccc13)-c1ccc(N3CCCc4cc(C(F)(F)F)ccc43)cc1C2(c1ccccc1)c1ccccc1. The Bertz CT molecular complexity index is 2530. The molecule has 0 radical (unpaired) electrons. The molecule has 0 fully saturated rings. The predicted molar refractivity (Wildman–Crippen MR) is 215 cm³/mol. The molecule has 266 valence electrons. The number of benzene rings is 7. The molecular formula is C49H39F3N2. The summed E-state index contributed by atoms with van der Waals surface area (Å²) in [5.41, 5.74) is 13.7. The summed E-state index contributed by atoms with van der Waals surface area (Å²) in [6.45, 7) is 3.84. The minimum absolute atomic E-state index is 0.589. The van der Waals surface area contributed by atoms with Crippen molar-refractivity contribution in [3.8, 4) is 11.1 Å². The Labute approximate surface area is 314 Å². The molecule has 10 rings (SSSR count). The van der Waals surface area contributed by atoms with Crippen molar-refractivity contribution >= 4 is 33.5 Å². The zero-order valence-corrected chi connectivity index (χ0v) is 30.1. The fraction of sp³-hybridized carbons (Fsp3) is 0.184. The van der Waals surface area contributed by atoms with Crippen LogP contribution in [0.3, 0.4) is 0 Å². The fourth-order valence-electron chi connectivity index (χ4n) is 9.72. The lowest BCUT2D eigenvalue weighted by atomic mass is 9.67. The maximum Gasteiger partial charge on any atom is 0.416 e. The molecular weight excluding hydrogens is 674 g/mol. The van der Waals surface area contributed by atoms with Crippen molar-refractivity contribution in [3.63, 3.8) is 0 Å². The maximum atomic E-state index is 13.8. The van der Waals surface area contributed by atoms with Gasteiger partial charge in [0.2, 0.25) is 0 Å². The monoisotopic (exact) mass is 712 g/mol. The van der Waals surface area contributed by atoms with Crippen molar-refractivity contribution in [1.29, 1.82) is 0 Å². The van der Waals surface area contributed by atoms with Gasteiger partial charge in [-0.2, -0.15) is 13.2 Å². The first-order valence-electron chi connectivity index (χ1n) is 19.0. The summed E-state index contributed by atoms with van der Waals surface area (Å²) in [4.78, 5) is 4.76. The van der Waals surface area contributed by atoms with Crippen LogP contribution in [0, 0.1) is 6.92 Å². The highest BCUT2D eigenvalue weighted by Crippen LogP contribution is 2.60. The first-order chi connectivity index (χ1) is 26.3. The smallest absolute Gasteiger partial charge is 0.341 e. The van der Waals surface area contributed by atoms with Crippen LogP contribution in [-0.2, 0) is 24.4 Å². The molecule has 2 aliphatic heterocycles. The largest absolute Gasteiger partial charge is 0.416 e. The molecule has 0 atom stereocenters. The zero-order valence-electron chi connectivity index (χ0n) is 30.1. The van der Waals surface area contributed by atoms with Gasteiger partial charge in [-0.25, -0.2) is 0 Å². The quantitative estimate of drug-likeness (QED) is 0.179. The van der Waals surface area contributed by atoms with Crippen LogP contribution in [0.1, 0.15) is 57.3 Å². The summed E-state index contributed by atoms with van der Waals surface area (Å²) >= 11 is 0. The van der Waals surface area contributed by atoms with E-state index in [2.05, 4.69) is 144 Å². The van der Waals surface area contributed by atoms with Crippen molar-refractivity contribution in [2.45, 2.75) is 44.2 Å². The molecule has 54 heavy (non-hydrogen) atoms. The van der Waals surface area contributed by atoms with Gasteiger partial charge in [-0.05, 0) is 125 Å². The third-order valence-corrected chi connectivity index (χ3v) is 12.0. The maximum absolute atomic E-state index is 13.8. The highest BCUT2D eigenvalue weighted by atomic mass is 19.4. The van der Waals surface area contributed by atoms with E-state index in [9.17, 15) is 13.2 Å². The number of alkyl halides is 3. The highest BCUT2D eigenvalue weighted by molar-refractivity contribution is 6.10. The summed E-state index contributed by atoms with van der Waals surface area (Å²) in [7, 11) is 0. The second-order valence-corrected chi connectivity index (χ2v) is 15.1. The van der Waals surface area contributed by atoms with E-state index in [1.807, 2.05) is 0 Å². The van der Waals surface area contributed by atoms with Gasteiger partial charge in [-0.1, -0.05) is 109 Å². The molecule has 2 nitrogen and oxygen atoms in total. The van der Waals surface area contributed by atoms with Crippen LogP contribution in [0.5, 0.6) is 0 Å². The third kappa shape index (κ3) is 4.94. The summed E-state index contributed by atoms with van der Waals surface area (Å²) < 4.78 is 41.4. The van der Waals surface area contributed by atoms with Crippen LogP contribution in [0.15, 0.2) is 146 Å². The number of nitrogens with zero attached hydrogens (tertiary/aromatic N) is 2. The highest BCUT2D eigenvalue weighted by Gasteiger charge is 2.48. The summed E-state index contributed by atoms with van der Waals surface area (Å²) in [6.07, 6.45) is -0.828. The van der Waals surface area contributed by atoms with Gasteiger partial charge in [-0.15, -0.1) is 0 Å². The van der Waals surface area contributed by atoms with Crippen LogP contribution >= 0.6 is 0 Å². The van der Waals surface area contributed by atoms with Gasteiger partial charge in [0.25, 0.3) is 0 Å². The minimum Gasteiger partial charge on any atom is -0.341 e. The molecule has 3 aliphatic rings. The average molecular weight is 713 g/mol. The van der Waals surface area contributed by atoms with E-state index in [1.165, 1.54) is 78.8 Å². The number of aryl methyl sites for hydroxylation is 3. The van der Waals surface area contributed by atoms with Crippen LogP contribution < -0.4 is 9.80 Å². The molecule has 0 saturated heterocycles. The number of anilines is 4. The molecule has 0 aromatic heterocycles. The second-order valence-electron chi connectivity index (χ2n) is 15.1. The van der Waals surface area contributed by atoms with Gasteiger partial charge in [-0.3, -0.25) is 0 Å². The molecule has 0 saturated carbocycles. The summed E-state index contributed by atoms with van der Waals surface area (Å²) in [5.74, 6) is 0. The van der Waals surface area contributed by atoms with E-state index < -0.39 is 17.2 Å². The van der Waals surface area contributed by atoms with E-state index in [1.54, 1.807) is 6.07 Å². The van der Waals surface area contributed by atoms with Gasteiger partial charge in [0, 0.05) is 41.2 Å². The average Bonchev–Trinajstić information content (AvgIpc) is 3.50. The Kier molecular flexibility index (Phi) is 7.52. The van der Waals surface area contributed by atoms with Gasteiger partial charge < -0.3 is 9.80 Å². The van der Waals surface area contributed by atoms with Crippen molar-refractivity contribution in [2.24, 2.45) is 0 Å². The minimum atomic E-state index is -4.38. The molecule has 0 N–H and O–H groups in total. The molecule has 0 bridgehead atoms. The van der Waals surface area contributed by atoms with E-state index >= 15 is 0 Å². The van der Waals surface area contributed by atoms with E-state index in [4.69, 9.17) is 0 Å². The van der Waals surface area contributed by atoms with Gasteiger partial charge >= 0.3 is 6.18 Å². The Morgan fingerprint density at radius 2 is 1.15 bits per heavy atom. The van der Waals surface area contributed by atoms with Crippen molar-refractivity contribution < 1.29 is 13.2 Å². The lowest BCUT2D eigenvalue weighted by Crippen LogP contribution is -2.30. The normalized spacial score (nSPS) is 15.8. The van der Waals surface area contributed by atoms with E-state index in [-0.39, 0.29) is 0 Å². The van der Waals surface area contributed by atoms with Crippen molar-refractivity contribution in [3.05, 3.63) is 190 Å². The van der Waals surface area contributed by atoms with Crippen molar-refractivity contribution in [2.75, 3.05) is 22.9 Å². The molecule has 0 amide bonds. The standard InChI is InChI=1S/C49H39F3N2/c1-32-20-24-45-33(28-32)12-11-27-54(45)46-31-43-47(40-19-9-8-18-39(40)46)41-23-22-38(53-26-10-13-34-29-37(49(50,51)52)21-25-44(34)53)30-42(41)48(43,35-14-4-2-5-15-35)36-16-6-3-7-17-36/h2-9,14-25,28-31H,10-13,26-27H2,1H3. The molecule has 5 heteroatoms. The van der Waals surface area contributed by atoms with Gasteiger partial charge in [0.15, 0.2) is 0 Å². The van der Waals surface area contributed by atoms with E-state index in [0.29, 0.717) is 6.42 Å². The number of rotatable bonds is 4. The number of hydrogen-bond donors (Lipinski definition) is 0. The summed E-state index contributed by atoms with van der Waals surface area (Å²) in [5, 5.41) is 2.44. The Morgan fingerprint density at radius 3 is 1.85 bits per heavy atom.